The number of carbonyl (C=O) groups excluding carboxylic acids is 1. The minimum Gasteiger partial charge on any atom is -0.491 e. The second-order valence-corrected chi connectivity index (χ2v) is 6.52. The molecule has 8 heteroatoms. The van der Waals surface area contributed by atoms with Crippen molar-refractivity contribution in [3.8, 4) is 5.75 Å². The van der Waals surface area contributed by atoms with Gasteiger partial charge in [-0.15, -0.1) is 0 Å². The number of aliphatic hydroxyl groups excluding tert-OH is 1. The third-order valence-electron chi connectivity index (χ3n) is 3.05. The minimum absolute atomic E-state index is 0.0487. The average Bonchev–Trinajstić information content (AvgIpc) is 2.46. The van der Waals surface area contributed by atoms with Crippen LogP contribution in [-0.4, -0.2) is 49.3 Å². The molecule has 0 fully saturated rings. The van der Waals surface area contributed by atoms with Crippen LogP contribution < -0.4 is 10.1 Å². The highest BCUT2D eigenvalue weighted by Crippen LogP contribution is 2.16. The number of methoxy groups -OCH3 is 1. The maximum absolute atomic E-state index is 13.2. The van der Waals surface area contributed by atoms with Crippen molar-refractivity contribution in [3.05, 3.63) is 29.8 Å². The normalized spacial score (nSPS) is 13.9. The molecule has 0 spiro atoms. The van der Waals surface area contributed by atoms with Crippen LogP contribution in [0.3, 0.4) is 0 Å². The topological polar surface area (TPSA) is 77.0 Å². The second kappa shape index (κ2) is 9.53. The van der Waals surface area contributed by atoms with E-state index in [1.54, 1.807) is 20.8 Å². The molecular formula is C17H25F2NO5. The molecule has 6 nitrogen and oxygen atoms in total. The fourth-order valence-electron chi connectivity index (χ4n) is 1.95. The summed E-state index contributed by atoms with van der Waals surface area (Å²) < 4.78 is 41.8. The summed E-state index contributed by atoms with van der Waals surface area (Å²) in [6, 6.07) is 1.89. The van der Waals surface area contributed by atoms with Crippen LogP contribution in [0, 0.1) is 11.6 Å². The van der Waals surface area contributed by atoms with E-state index in [9.17, 15) is 18.7 Å². The van der Waals surface area contributed by atoms with Gasteiger partial charge in [0.1, 0.15) is 29.6 Å². The summed E-state index contributed by atoms with van der Waals surface area (Å²) in [5.41, 5.74) is -0.710. The molecule has 2 atom stereocenters. The molecule has 0 aliphatic rings. The molecule has 0 saturated carbocycles. The molecule has 1 aromatic carbocycles. The summed E-state index contributed by atoms with van der Waals surface area (Å²) in [5, 5.41) is 12.7. The fraction of sp³-hybridized carbons (Fsp3) is 0.588. The van der Waals surface area contributed by atoms with Crippen LogP contribution >= 0.6 is 0 Å². The predicted octanol–water partition coefficient (Wildman–Crippen LogP) is 2.63. The van der Waals surface area contributed by atoms with Gasteiger partial charge in [0, 0.05) is 31.9 Å². The van der Waals surface area contributed by atoms with E-state index in [1.807, 2.05) is 0 Å². The first-order valence-corrected chi connectivity index (χ1v) is 7.86. The van der Waals surface area contributed by atoms with Crippen molar-refractivity contribution in [1.82, 2.24) is 5.32 Å². The summed E-state index contributed by atoms with van der Waals surface area (Å²) in [4.78, 5) is 11.9. The number of hydrogen-bond donors (Lipinski definition) is 2. The molecule has 0 saturated heterocycles. The molecule has 25 heavy (non-hydrogen) atoms. The summed E-state index contributed by atoms with van der Waals surface area (Å²) in [6.07, 6.45) is -1.49. The monoisotopic (exact) mass is 361 g/mol. The van der Waals surface area contributed by atoms with E-state index in [0.29, 0.717) is 0 Å². The fourth-order valence-corrected chi connectivity index (χ4v) is 1.95. The molecule has 1 rings (SSSR count). The molecule has 0 aromatic heterocycles. The molecule has 0 radical (unpaired) electrons. The molecule has 0 aliphatic carbocycles. The highest BCUT2D eigenvalue weighted by molar-refractivity contribution is 5.68. The predicted molar refractivity (Wildman–Crippen MR) is 87.5 cm³/mol. The molecule has 0 bridgehead atoms. The first-order valence-electron chi connectivity index (χ1n) is 7.86. The molecule has 142 valence electrons. The Morgan fingerprint density at radius 2 is 1.84 bits per heavy atom. The maximum Gasteiger partial charge on any atom is 0.408 e. The third kappa shape index (κ3) is 8.64. The van der Waals surface area contributed by atoms with Gasteiger partial charge in [-0.25, -0.2) is 13.6 Å². The van der Waals surface area contributed by atoms with Crippen molar-refractivity contribution in [2.24, 2.45) is 0 Å². The zero-order valence-electron chi connectivity index (χ0n) is 14.8. The van der Waals surface area contributed by atoms with Crippen molar-refractivity contribution in [2.45, 2.75) is 44.9 Å². The summed E-state index contributed by atoms with van der Waals surface area (Å²) in [5.74, 6) is -1.62. The Balaban J connectivity index is 2.74. The molecular weight excluding hydrogens is 336 g/mol. The number of halogens is 2. The number of rotatable bonds is 8. The number of ether oxygens (including phenoxy) is 3. The van der Waals surface area contributed by atoms with Crippen LogP contribution in [0.25, 0.3) is 0 Å². The van der Waals surface area contributed by atoms with Crippen LogP contribution in [-0.2, 0) is 9.47 Å². The van der Waals surface area contributed by atoms with Crippen LogP contribution in [0.15, 0.2) is 18.2 Å². The lowest BCUT2D eigenvalue weighted by atomic mass is 10.1. The van der Waals surface area contributed by atoms with Gasteiger partial charge in [0.15, 0.2) is 0 Å². The lowest BCUT2D eigenvalue weighted by Gasteiger charge is -2.26. The largest absolute Gasteiger partial charge is 0.491 e. The number of nitrogens with one attached hydrogen (secondary N) is 1. The Hall–Kier alpha value is -1.93. The van der Waals surface area contributed by atoms with E-state index in [4.69, 9.17) is 14.2 Å². The van der Waals surface area contributed by atoms with E-state index in [-0.39, 0.29) is 25.4 Å². The van der Waals surface area contributed by atoms with Crippen LogP contribution in [0.5, 0.6) is 5.75 Å². The highest BCUT2D eigenvalue weighted by Gasteiger charge is 2.25. The van der Waals surface area contributed by atoms with Crippen molar-refractivity contribution < 1.29 is 32.9 Å². The molecule has 0 aliphatic heterocycles. The zero-order chi connectivity index (χ0) is 19.0. The van der Waals surface area contributed by atoms with E-state index in [0.717, 1.165) is 18.2 Å². The number of aliphatic hydroxyl groups is 1. The smallest absolute Gasteiger partial charge is 0.408 e. The summed E-state index contributed by atoms with van der Waals surface area (Å²) in [7, 11) is 1.48. The Labute approximate surface area is 146 Å². The van der Waals surface area contributed by atoms with Gasteiger partial charge >= 0.3 is 6.09 Å². The van der Waals surface area contributed by atoms with Gasteiger partial charge in [0.2, 0.25) is 0 Å². The van der Waals surface area contributed by atoms with Crippen molar-refractivity contribution >= 4 is 6.09 Å². The molecule has 0 unspecified atom stereocenters. The van der Waals surface area contributed by atoms with Crippen molar-refractivity contribution in [3.63, 3.8) is 0 Å². The van der Waals surface area contributed by atoms with Gasteiger partial charge < -0.3 is 24.6 Å². The Morgan fingerprint density at radius 3 is 2.36 bits per heavy atom. The Morgan fingerprint density at radius 1 is 1.24 bits per heavy atom. The molecule has 1 aromatic rings. The molecule has 2 N–H and O–H groups in total. The van der Waals surface area contributed by atoms with Gasteiger partial charge in [0.25, 0.3) is 0 Å². The lowest BCUT2D eigenvalue weighted by Crippen LogP contribution is -2.49. The van der Waals surface area contributed by atoms with Gasteiger partial charge in [0.05, 0.1) is 12.1 Å². The van der Waals surface area contributed by atoms with Gasteiger partial charge in [-0.2, -0.15) is 0 Å². The minimum atomic E-state index is -0.995. The third-order valence-corrected chi connectivity index (χ3v) is 3.05. The van der Waals surface area contributed by atoms with E-state index in [2.05, 4.69) is 5.32 Å². The zero-order valence-corrected chi connectivity index (χ0v) is 14.8. The van der Waals surface area contributed by atoms with Crippen molar-refractivity contribution in [2.75, 3.05) is 20.3 Å². The van der Waals surface area contributed by atoms with E-state index in [1.165, 1.54) is 7.11 Å². The number of amides is 1. The van der Waals surface area contributed by atoms with Crippen LogP contribution in [0.1, 0.15) is 27.2 Å². The number of hydrogen-bond acceptors (Lipinski definition) is 5. The number of alkyl carbamates (subject to hydrolysis) is 1. The standard InChI is InChI=1S/C17H25F2NO5/c1-17(2,3)25-16(22)20-14(15(21)5-6-23-4)10-24-13-8-11(18)7-12(19)9-13/h7-9,14-15,21H,5-6,10H2,1-4H3,(H,20,22)/t14-,15-/m0/s1. The van der Waals surface area contributed by atoms with E-state index >= 15 is 0 Å². The quantitative estimate of drug-likeness (QED) is 0.744. The summed E-state index contributed by atoms with van der Waals surface area (Å²) >= 11 is 0. The van der Waals surface area contributed by atoms with Gasteiger partial charge in [-0.05, 0) is 27.2 Å². The summed E-state index contributed by atoms with van der Waals surface area (Å²) in [6.45, 7) is 5.17. The highest BCUT2D eigenvalue weighted by atomic mass is 19.1. The number of benzene rings is 1. The lowest BCUT2D eigenvalue weighted by molar-refractivity contribution is 0.0301. The van der Waals surface area contributed by atoms with Gasteiger partial charge in [-0.1, -0.05) is 0 Å². The molecule has 1 amide bonds. The second-order valence-electron chi connectivity index (χ2n) is 6.52. The first kappa shape index (κ1) is 21.1. The van der Waals surface area contributed by atoms with E-state index < -0.39 is 35.5 Å². The Kier molecular flexibility index (Phi) is 8.05. The molecule has 0 heterocycles. The average molecular weight is 361 g/mol. The van der Waals surface area contributed by atoms with Gasteiger partial charge in [-0.3, -0.25) is 0 Å². The number of carbonyl (C=O) groups is 1. The first-order chi connectivity index (χ1) is 11.6. The Bertz CT molecular complexity index is 542. The van der Waals surface area contributed by atoms with Crippen molar-refractivity contribution in [1.29, 1.82) is 0 Å². The maximum atomic E-state index is 13.2. The SMILES string of the molecule is COCC[C@H](O)[C@H](COc1cc(F)cc(F)c1)NC(=O)OC(C)(C)C. The van der Waals surface area contributed by atoms with Crippen LogP contribution in [0.2, 0.25) is 0 Å². The van der Waals surface area contributed by atoms with Crippen LogP contribution in [0.4, 0.5) is 13.6 Å².